The first kappa shape index (κ1) is 17.6. The molecule has 0 saturated heterocycles. The van der Waals surface area contributed by atoms with Crippen LogP contribution in [0, 0.1) is 13.8 Å². The molecule has 1 atom stereocenters. The Balaban J connectivity index is 1.69. The summed E-state index contributed by atoms with van der Waals surface area (Å²) in [6.07, 6.45) is 1.60. The Hall–Kier alpha value is -2.25. The molecule has 7 heteroatoms. The fourth-order valence-electron chi connectivity index (χ4n) is 2.98. The van der Waals surface area contributed by atoms with E-state index in [1.54, 1.807) is 0 Å². The second-order valence-electron chi connectivity index (χ2n) is 6.41. The first-order valence-corrected chi connectivity index (χ1v) is 9.19. The molecular weight excluding hydrogens is 334 g/mol. The summed E-state index contributed by atoms with van der Waals surface area (Å²) in [5.41, 5.74) is 9.58. The molecule has 0 saturated carbocycles. The number of rotatable bonds is 6. The third kappa shape index (κ3) is 3.88. The summed E-state index contributed by atoms with van der Waals surface area (Å²) in [6, 6.07) is 6.11. The minimum Gasteiger partial charge on any atom is -0.374 e. The van der Waals surface area contributed by atoms with Gasteiger partial charge in [-0.3, -0.25) is 4.79 Å². The number of aromatic amines is 1. The largest absolute Gasteiger partial charge is 0.374 e. The minimum atomic E-state index is 0.138. The van der Waals surface area contributed by atoms with Crippen LogP contribution in [0.15, 0.2) is 23.0 Å². The van der Waals surface area contributed by atoms with Gasteiger partial charge < -0.3 is 16.0 Å². The van der Waals surface area contributed by atoms with Gasteiger partial charge in [-0.1, -0.05) is 23.5 Å². The zero-order valence-corrected chi connectivity index (χ0v) is 15.5. The summed E-state index contributed by atoms with van der Waals surface area (Å²) in [7, 11) is 0. The minimum absolute atomic E-state index is 0.138. The van der Waals surface area contributed by atoms with E-state index < -0.39 is 0 Å². The molecule has 0 spiro atoms. The molecule has 4 N–H and O–H groups in total. The number of nitrogens with two attached hydrogens (primary N) is 1. The quantitative estimate of drug-likeness (QED) is 0.630. The van der Waals surface area contributed by atoms with Gasteiger partial charge in [0.15, 0.2) is 5.43 Å². The number of nitrogen functional groups attached to an aromatic ring is 1. The highest BCUT2D eigenvalue weighted by Crippen LogP contribution is 2.16. The maximum absolute atomic E-state index is 12.8. The van der Waals surface area contributed by atoms with Crippen molar-refractivity contribution in [3.8, 4) is 0 Å². The molecule has 1 aromatic carbocycles. The van der Waals surface area contributed by atoms with E-state index in [0.717, 1.165) is 45.6 Å². The zero-order chi connectivity index (χ0) is 18.0. The number of nitrogens with one attached hydrogen (secondary N) is 2. The lowest BCUT2D eigenvalue weighted by molar-refractivity contribution is 0.511. The highest BCUT2D eigenvalue weighted by Gasteiger charge is 2.12. The van der Waals surface area contributed by atoms with Crippen LogP contribution in [0.5, 0.6) is 0 Å². The monoisotopic (exact) mass is 357 g/mol. The van der Waals surface area contributed by atoms with Gasteiger partial charge in [0.25, 0.3) is 0 Å². The van der Waals surface area contributed by atoms with E-state index in [0.29, 0.717) is 11.7 Å². The van der Waals surface area contributed by atoms with Crippen molar-refractivity contribution in [2.24, 2.45) is 0 Å². The Labute approximate surface area is 150 Å². The topological polar surface area (TPSA) is 96.7 Å². The molecule has 3 rings (SSSR count). The zero-order valence-electron chi connectivity index (χ0n) is 14.7. The van der Waals surface area contributed by atoms with Crippen molar-refractivity contribution < 1.29 is 0 Å². The standard InChI is InChI=1S/C18H23N5OS/c1-10-5-4-6-14-16(10)21-12(3)13(17(14)24)8-7-11(2)20-9-15-22-23-18(19)25-15/h4-6,11,20H,7-9H2,1-3H3,(H2,19,23)(H,21,24)/t11-/m0/s1. The van der Waals surface area contributed by atoms with Gasteiger partial charge in [0.2, 0.25) is 5.13 Å². The molecule has 6 nitrogen and oxygen atoms in total. The maximum atomic E-state index is 12.8. The number of pyridine rings is 1. The highest BCUT2D eigenvalue weighted by molar-refractivity contribution is 7.15. The lowest BCUT2D eigenvalue weighted by atomic mass is 10.0. The molecule has 0 amide bonds. The van der Waals surface area contributed by atoms with Crippen LogP contribution >= 0.6 is 11.3 Å². The van der Waals surface area contributed by atoms with Gasteiger partial charge in [-0.25, -0.2) is 0 Å². The van der Waals surface area contributed by atoms with E-state index >= 15 is 0 Å². The first-order chi connectivity index (χ1) is 12.0. The number of fused-ring (bicyclic) bond motifs is 1. The van der Waals surface area contributed by atoms with Gasteiger partial charge in [0.1, 0.15) is 5.01 Å². The van der Waals surface area contributed by atoms with Crippen molar-refractivity contribution in [1.82, 2.24) is 20.5 Å². The Kier molecular flexibility index (Phi) is 5.15. The molecule has 2 aromatic heterocycles. The lowest BCUT2D eigenvalue weighted by Crippen LogP contribution is -2.27. The number of nitrogens with zero attached hydrogens (tertiary/aromatic N) is 2. The van der Waals surface area contributed by atoms with Crippen molar-refractivity contribution in [2.75, 3.05) is 5.73 Å². The average molecular weight is 357 g/mol. The number of aromatic nitrogens is 3. The Morgan fingerprint density at radius 2 is 2.12 bits per heavy atom. The number of H-pyrrole nitrogens is 1. The van der Waals surface area contributed by atoms with Gasteiger partial charge in [-0.2, -0.15) is 0 Å². The molecule has 2 heterocycles. The Bertz CT molecular complexity index is 946. The normalized spacial score (nSPS) is 12.6. The third-order valence-electron chi connectivity index (χ3n) is 4.47. The second kappa shape index (κ2) is 7.33. The summed E-state index contributed by atoms with van der Waals surface area (Å²) < 4.78 is 0. The van der Waals surface area contributed by atoms with E-state index in [2.05, 4.69) is 27.4 Å². The molecule has 0 bridgehead atoms. The maximum Gasteiger partial charge on any atom is 0.203 e. The Morgan fingerprint density at radius 1 is 1.32 bits per heavy atom. The summed E-state index contributed by atoms with van der Waals surface area (Å²) in [5.74, 6) is 0. The second-order valence-corrected chi connectivity index (χ2v) is 7.50. The van der Waals surface area contributed by atoms with Crippen molar-refractivity contribution in [1.29, 1.82) is 0 Å². The molecule has 3 aromatic rings. The van der Waals surface area contributed by atoms with Crippen molar-refractivity contribution in [3.63, 3.8) is 0 Å². The predicted octanol–water partition coefficient (Wildman–Crippen LogP) is 2.69. The molecular formula is C18H23N5OS. The summed E-state index contributed by atoms with van der Waals surface area (Å²) in [6.45, 7) is 6.75. The van der Waals surface area contributed by atoms with Gasteiger partial charge in [-0.05, 0) is 45.2 Å². The Morgan fingerprint density at radius 3 is 2.84 bits per heavy atom. The number of hydrogen-bond donors (Lipinski definition) is 3. The van der Waals surface area contributed by atoms with Crippen LogP contribution in [-0.2, 0) is 13.0 Å². The first-order valence-electron chi connectivity index (χ1n) is 8.38. The SMILES string of the molecule is Cc1[nH]c2c(C)cccc2c(=O)c1CC[C@H](C)NCc1nnc(N)s1. The van der Waals surface area contributed by atoms with Crippen LogP contribution in [0.4, 0.5) is 5.13 Å². The van der Waals surface area contributed by atoms with E-state index in [-0.39, 0.29) is 11.5 Å². The molecule has 0 aliphatic rings. The van der Waals surface area contributed by atoms with Crippen LogP contribution < -0.4 is 16.5 Å². The van der Waals surface area contributed by atoms with Gasteiger partial charge >= 0.3 is 0 Å². The van der Waals surface area contributed by atoms with E-state index in [1.165, 1.54) is 11.3 Å². The number of anilines is 1. The van der Waals surface area contributed by atoms with Gasteiger partial charge in [0.05, 0.1) is 12.1 Å². The van der Waals surface area contributed by atoms with Crippen LogP contribution in [0.25, 0.3) is 10.9 Å². The molecule has 0 unspecified atom stereocenters. The number of para-hydroxylation sites is 1. The molecule has 0 fully saturated rings. The van der Waals surface area contributed by atoms with Crippen LogP contribution in [-0.4, -0.2) is 21.2 Å². The predicted molar refractivity (Wildman–Crippen MR) is 103 cm³/mol. The smallest absolute Gasteiger partial charge is 0.203 e. The van der Waals surface area contributed by atoms with Gasteiger partial charge in [-0.15, -0.1) is 10.2 Å². The molecule has 0 aliphatic heterocycles. The van der Waals surface area contributed by atoms with Crippen LogP contribution in [0.3, 0.4) is 0 Å². The molecule has 0 radical (unpaired) electrons. The number of aryl methyl sites for hydroxylation is 2. The molecule has 0 aliphatic carbocycles. The fourth-order valence-corrected chi connectivity index (χ4v) is 3.54. The van der Waals surface area contributed by atoms with E-state index in [9.17, 15) is 4.79 Å². The summed E-state index contributed by atoms with van der Waals surface area (Å²) in [4.78, 5) is 16.2. The van der Waals surface area contributed by atoms with Crippen molar-refractivity contribution >= 4 is 27.4 Å². The average Bonchev–Trinajstić information content (AvgIpc) is 2.99. The van der Waals surface area contributed by atoms with Crippen LogP contribution in [0.1, 0.15) is 35.2 Å². The van der Waals surface area contributed by atoms with E-state index in [1.807, 2.05) is 32.0 Å². The third-order valence-corrected chi connectivity index (χ3v) is 5.22. The summed E-state index contributed by atoms with van der Waals surface area (Å²) in [5, 5.41) is 13.3. The number of benzene rings is 1. The van der Waals surface area contributed by atoms with Crippen molar-refractivity contribution in [2.45, 2.75) is 46.2 Å². The number of hydrogen-bond acceptors (Lipinski definition) is 6. The highest BCUT2D eigenvalue weighted by atomic mass is 32.1. The van der Waals surface area contributed by atoms with Gasteiger partial charge in [0, 0.05) is 22.7 Å². The van der Waals surface area contributed by atoms with Crippen molar-refractivity contribution in [3.05, 3.63) is 50.3 Å². The van der Waals surface area contributed by atoms with E-state index in [4.69, 9.17) is 5.73 Å². The lowest BCUT2D eigenvalue weighted by Gasteiger charge is -2.14. The summed E-state index contributed by atoms with van der Waals surface area (Å²) >= 11 is 1.39. The molecule has 25 heavy (non-hydrogen) atoms. The fraction of sp³-hybridized carbons (Fsp3) is 0.389. The molecule has 132 valence electrons. The van der Waals surface area contributed by atoms with Crippen LogP contribution in [0.2, 0.25) is 0 Å².